The van der Waals surface area contributed by atoms with Crippen LogP contribution in [-0.4, -0.2) is 34.0 Å². The molecule has 0 aliphatic carbocycles. The molecule has 0 spiro atoms. The number of carboxylic acid groups (broad SMARTS) is 1. The van der Waals surface area contributed by atoms with Gasteiger partial charge in [-0.15, -0.1) is 0 Å². The number of aliphatic carboxylic acids is 1. The lowest BCUT2D eigenvalue weighted by Gasteiger charge is -2.24. The average Bonchev–Trinajstić information content (AvgIpc) is 2.98. The molecule has 0 saturated carbocycles. The molecule has 1 N–H and O–H groups in total. The van der Waals surface area contributed by atoms with Gasteiger partial charge >= 0.3 is 11.0 Å². The summed E-state index contributed by atoms with van der Waals surface area (Å²) in [6.45, 7) is 3.85. The molecule has 1 aliphatic rings. The third kappa shape index (κ3) is 2.99. The lowest BCUT2D eigenvalue weighted by atomic mass is 9.83. The highest BCUT2D eigenvalue weighted by molar-refractivity contribution is 7.15. The molecule has 1 aromatic heterocycles. The summed E-state index contributed by atoms with van der Waals surface area (Å²) in [5, 5.41) is 20.2. The van der Waals surface area contributed by atoms with E-state index in [1.165, 1.54) is 6.07 Å². The smallest absolute Gasteiger partial charge is 0.324 e. The number of carboxylic acids is 1. The summed E-state index contributed by atoms with van der Waals surface area (Å²) in [5.74, 6) is -0.723. The number of hydrogen-bond donors (Lipinski definition) is 1. The van der Waals surface area contributed by atoms with Gasteiger partial charge in [-0.25, -0.2) is 0 Å². The van der Waals surface area contributed by atoms with E-state index in [2.05, 4.69) is 4.90 Å². The zero-order valence-corrected chi connectivity index (χ0v) is 12.2. The molecule has 0 amide bonds. The molecule has 2 heterocycles. The van der Waals surface area contributed by atoms with E-state index in [0.29, 0.717) is 25.9 Å². The topological polar surface area (TPSA) is 83.7 Å². The third-order valence-electron chi connectivity index (χ3n) is 3.82. The third-order valence-corrected chi connectivity index (χ3v) is 4.84. The van der Waals surface area contributed by atoms with Crippen molar-refractivity contribution < 1.29 is 14.8 Å². The standard InChI is InChI=1S/C13H18N2O4S/c1-2-5-13(12(16)17)6-7-14(9-13)8-10-3-4-11(20-10)15(18)19/h3-4H,2,5-9H2,1H3,(H,16,17). The quantitative estimate of drug-likeness (QED) is 0.645. The minimum atomic E-state index is -0.723. The first-order valence-electron chi connectivity index (χ1n) is 6.66. The first-order valence-corrected chi connectivity index (χ1v) is 7.47. The molecule has 20 heavy (non-hydrogen) atoms. The van der Waals surface area contributed by atoms with E-state index in [1.807, 2.05) is 6.92 Å². The number of hydrogen-bond acceptors (Lipinski definition) is 5. The molecule has 2 rings (SSSR count). The molecule has 1 unspecified atom stereocenters. The summed E-state index contributed by atoms with van der Waals surface area (Å²) in [6.07, 6.45) is 2.19. The van der Waals surface area contributed by atoms with E-state index in [-0.39, 0.29) is 5.00 Å². The van der Waals surface area contributed by atoms with Crippen LogP contribution in [0.25, 0.3) is 0 Å². The van der Waals surface area contributed by atoms with Crippen LogP contribution in [0.1, 0.15) is 31.1 Å². The van der Waals surface area contributed by atoms with E-state index in [9.17, 15) is 20.0 Å². The van der Waals surface area contributed by atoms with Crippen molar-refractivity contribution in [1.29, 1.82) is 0 Å². The van der Waals surface area contributed by atoms with Gasteiger partial charge < -0.3 is 5.11 Å². The lowest BCUT2D eigenvalue weighted by molar-refractivity contribution is -0.380. The maximum atomic E-state index is 11.5. The highest BCUT2D eigenvalue weighted by Gasteiger charge is 2.43. The largest absolute Gasteiger partial charge is 0.481 e. The summed E-state index contributed by atoms with van der Waals surface area (Å²) in [7, 11) is 0. The Morgan fingerprint density at radius 3 is 2.90 bits per heavy atom. The van der Waals surface area contributed by atoms with Crippen LogP contribution >= 0.6 is 11.3 Å². The number of carbonyl (C=O) groups is 1. The Morgan fingerprint density at radius 1 is 1.60 bits per heavy atom. The van der Waals surface area contributed by atoms with Crippen LogP contribution < -0.4 is 0 Å². The monoisotopic (exact) mass is 298 g/mol. The van der Waals surface area contributed by atoms with Gasteiger partial charge in [0.25, 0.3) is 0 Å². The fourth-order valence-corrected chi connectivity index (χ4v) is 3.69. The molecule has 1 saturated heterocycles. The summed E-state index contributed by atoms with van der Waals surface area (Å²) < 4.78 is 0. The number of likely N-dealkylation sites (tertiary alicyclic amines) is 1. The Hall–Kier alpha value is -1.47. The normalized spacial score (nSPS) is 23.1. The average molecular weight is 298 g/mol. The summed E-state index contributed by atoms with van der Waals surface area (Å²) in [6, 6.07) is 3.26. The Bertz CT molecular complexity index is 516. The van der Waals surface area contributed by atoms with E-state index < -0.39 is 16.3 Å². The van der Waals surface area contributed by atoms with E-state index in [4.69, 9.17) is 0 Å². The Morgan fingerprint density at radius 2 is 2.35 bits per heavy atom. The lowest BCUT2D eigenvalue weighted by Crippen LogP contribution is -2.34. The van der Waals surface area contributed by atoms with Gasteiger partial charge in [0.1, 0.15) is 0 Å². The molecule has 0 bridgehead atoms. The van der Waals surface area contributed by atoms with Gasteiger partial charge in [-0.3, -0.25) is 19.8 Å². The second-order valence-electron chi connectivity index (χ2n) is 5.29. The van der Waals surface area contributed by atoms with Crippen molar-refractivity contribution in [3.63, 3.8) is 0 Å². The van der Waals surface area contributed by atoms with Gasteiger partial charge in [0, 0.05) is 24.0 Å². The highest BCUT2D eigenvalue weighted by Crippen LogP contribution is 2.37. The van der Waals surface area contributed by atoms with Crippen molar-refractivity contribution in [3.05, 3.63) is 27.1 Å². The highest BCUT2D eigenvalue weighted by atomic mass is 32.1. The second kappa shape index (κ2) is 5.88. The predicted octanol–water partition coefficient (Wildman–Crippen LogP) is 2.73. The molecule has 1 atom stereocenters. The molecular weight excluding hydrogens is 280 g/mol. The van der Waals surface area contributed by atoms with Crippen molar-refractivity contribution in [3.8, 4) is 0 Å². The van der Waals surface area contributed by atoms with Crippen molar-refractivity contribution >= 4 is 22.3 Å². The van der Waals surface area contributed by atoms with Gasteiger partial charge in [0.2, 0.25) is 0 Å². The number of thiophene rings is 1. The maximum Gasteiger partial charge on any atom is 0.324 e. The fraction of sp³-hybridized carbons (Fsp3) is 0.615. The molecule has 1 aromatic rings. The van der Waals surface area contributed by atoms with Gasteiger partial charge in [0.05, 0.1) is 10.3 Å². The first kappa shape index (κ1) is 14.9. The number of nitro groups is 1. The maximum absolute atomic E-state index is 11.5. The Balaban J connectivity index is 2.01. The van der Waals surface area contributed by atoms with Gasteiger partial charge in [-0.1, -0.05) is 24.7 Å². The Kier molecular flexibility index (Phi) is 4.39. The van der Waals surface area contributed by atoms with E-state index in [1.54, 1.807) is 6.07 Å². The molecule has 6 nitrogen and oxygen atoms in total. The van der Waals surface area contributed by atoms with Crippen LogP contribution in [0.4, 0.5) is 5.00 Å². The van der Waals surface area contributed by atoms with Crippen LogP contribution in [0.5, 0.6) is 0 Å². The first-order chi connectivity index (χ1) is 9.47. The van der Waals surface area contributed by atoms with Crippen LogP contribution in [0.3, 0.4) is 0 Å². The second-order valence-corrected chi connectivity index (χ2v) is 6.44. The van der Waals surface area contributed by atoms with Gasteiger partial charge in [-0.05, 0) is 25.5 Å². The van der Waals surface area contributed by atoms with Crippen molar-refractivity contribution in [2.45, 2.75) is 32.7 Å². The Labute approximate surface area is 121 Å². The van der Waals surface area contributed by atoms with Gasteiger partial charge in [-0.2, -0.15) is 0 Å². The zero-order valence-electron chi connectivity index (χ0n) is 11.4. The molecule has 7 heteroatoms. The number of rotatable bonds is 6. The summed E-state index contributed by atoms with van der Waals surface area (Å²) >= 11 is 1.16. The van der Waals surface area contributed by atoms with Crippen LogP contribution in [0.2, 0.25) is 0 Å². The van der Waals surface area contributed by atoms with Crippen LogP contribution in [0, 0.1) is 15.5 Å². The van der Waals surface area contributed by atoms with Crippen molar-refractivity contribution in [1.82, 2.24) is 4.90 Å². The van der Waals surface area contributed by atoms with E-state index >= 15 is 0 Å². The molecule has 1 fully saturated rings. The predicted molar refractivity (Wildman–Crippen MR) is 75.8 cm³/mol. The van der Waals surface area contributed by atoms with Crippen LogP contribution in [-0.2, 0) is 11.3 Å². The summed E-state index contributed by atoms with van der Waals surface area (Å²) in [4.78, 5) is 24.7. The molecular formula is C13H18N2O4S. The zero-order chi connectivity index (χ0) is 14.8. The van der Waals surface area contributed by atoms with Crippen molar-refractivity contribution in [2.75, 3.05) is 13.1 Å². The number of nitrogens with zero attached hydrogens (tertiary/aromatic N) is 2. The SMILES string of the molecule is CCCC1(C(=O)O)CCN(Cc2ccc([N+](=O)[O-])s2)C1. The molecule has 1 aliphatic heterocycles. The fourth-order valence-electron chi connectivity index (χ4n) is 2.83. The minimum absolute atomic E-state index is 0.136. The summed E-state index contributed by atoms with van der Waals surface area (Å²) in [5.41, 5.74) is -0.641. The molecule has 110 valence electrons. The van der Waals surface area contributed by atoms with Gasteiger partial charge in [0.15, 0.2) is 0 Å². The molecule has 0 aromatic carbocycles. The minimum Gasteiger partial charge on any atom is -0.481 e. The van der Waals surface area contributed by atoms with Crippen molar-refractivity contribution in [2.24, 2.45) is 5.41 Å². The van der Waals surface area contributed by atoms with Crippen LogP contribution in [0.15, 0.2) is 12.1 Å². The van der Waals surface area contributed by atoms with E-state index in [0.717, 1.165) is 29.2 Å². The molecule has 0 radical (unpaired) electrons.